The van der Waals surface area contributed by atoms with Gasteiger partial charge in [-0.25, -0.2) is 16.8 Å². The number of carboxylic acid groups (broad SMARTS) is 1. The second-order valence-electron chi connectivity index (χ2n) is 12.3. The lowest BCUT2D eigenvalue weighted by molar-refractivity contribution is -0.167. The maximum absolute atomic E-state index is 11.8. The van der Waals surface area contributed by atoms with E-state index in [2.05, 4.69) is 20.8 Å². The Hall–Kier alpha value is -0.790. The SMILES string of the molecule is C[C@H](CCC(=O)O)[C@H]1CC[C@H]2[C@@H]3[C@@H](OS(=O)(=O)[O-])C[C@@H]4C[C@H](OS(=O)(=O)[O-])CC[C@]4(C)[C@H]3CC[C@]12C. The van der Waals surface area contributed by atoms with Crippen molar-refractivity contribution < 1.29 is 44.2 Å². The van der Waals surface area contributed by atoms with E-state index in [1.54, 1.807) is 0 Å². The second kappa shape index (κ2) is 9.75. The van der Waals surface area contributed by atoms with E-state index in [1.807, 2.05) is 0 Å². The van der Waals surface area contributed by atoms with E-state index in [4.69, 9.17) is 13.5 Å². The third-order valence-corrected chi connectivity index (χ3v) is 11.7. The number of aliphatic carboxylic acids is 1. The average Bonchev–Trinajstić information content (AvgIpc) is 3.08. The highest BCUT2D eigenvalue weighted by molar-refractivity contribution is 7.81. The van der Waals surface area contributed by atoms with Crippen LogP contribution in [0.4, 0.5) is 0 Å². The zero-order valence-corrected chi connectivity index (χ0v) is 22.8. The van der Waals surface area contributed by atoms with Gasteiger partial charge in [0.25, 0.3) is 0 Å². The van der Waals surface area contributed by atoms with Crippen LogP contribution < -0.4 is 0 Å². The fourth-order valence-electron chi connectivity index (χ4n) is 9.19. The molecule has 0 unspecified atom stereocenters. The minimum atomic E-state index is -4.96. The zero-order chi connectivity index (χ0) is 26.7. The third kappa shape index (κ3) is 5.49. The Morgan fingerprint density at radius 1 is 0.944 bits per heavy atom. The molecule has 0 saturated heterocycles. The van der Waals surface area contributed by atoms with Crippen molar-refractivity contribution in [1.29, 1.82) is 0 Å². The average molecular weight is 551 g/mol. The van der Waals surface area contributed by atoms with Crippen molar-refractivity contribution in [1.82, 2.24) is 0 Å². The fraction of sp³-hybridized carbons (Fsp3) is 0.958. The topological polar surface area (TPSA) is 170 Å². The summed E-state index contributed by atoms with van der Waals surface area (Å²) in [4.78, 5) is 11.2. The molecule has 0 aliphatic heterocycles. The van der Waals surface area contributed by atoms with E-state index in [-0.39, 0.29) is 46.8 Å². The maximum Gasteiger partial charge on any atom is 0.303 e. The van der Waals surface area contributed by atoms with Crippen LogP contribution in [0.25, 0.3) is 0 Å². The van der Waals surface area contributed by atoms with Gasteiger partial charge in [-0.15, -0.1) is 0 Å². The third-order valence-electron chi connectivity index (χ3n) is 10.7. The van der Waals surface area contributed by atoms with Crippen molar-refractivity contribution in [2.24, 2.45) is 46.3 Å². The Balaban J connectivity index is 1.63. The first-order chi connectivity index (χ1) is 16.5. The standard InChI is InChI=1S/C24H40O10S2/c1-14(4-7-21(25)26)17-5-6-18-22-19(9-11-24(17,18)3)23(2)10-8-16(33-35(27,28)29)12-15(23)13-20(22)34-36(30,31)32/h14-20,22H,4-13H2,1-3H3,(H,25,26)(H,27,28,29)(H,30,31,32)/p-2/t14-,15+,16-,17-,18+,19+,20+,22+,23+,24-/m1/s1. The Bertz CT molecular complexity index is 1060. The van der Waals surface area contributed by atoms with Crippen molar-refractivity contribution >= 4 is 26.8 Å². The lowest BCUT2D eigenvalue weighted by Gasteiger charge is -2.63. The van der Waals surface area contributed by atoms with Crippen molar-refractivity contribution in [3.05, 3.63) is 0 Å². The summed E-state index contributed by atoms with van der Waals surface area (Å²) in [5, 5.41) is 9.16. The number of carboxylic acids is 1. The van der Waals surface area contributed by atoms with Crippen LogP contribution in [0.15, 0.2) is 0 Å². The Kier molecular flexibility index (Phi) is 7.64. The summed E-state index contributed by atoms with van der Waals surface area (Å²) in [5.41, 5.74) is -0.314. The lowest BCUT2D eigenvalue weighted by Crippen LogP contribution is -2.59. The molecule has 0 aromatic rings. The second-order valence-corrected chi connectivity index (χ2v) is 14.3. The highest BCUT2D eigenvalue weighted by atomic mass is 32.3. The van der Waals surface area contributed by atoms with E-state index >= 15 is 0 Å². The Labute approximate surface area is 214 Å². The Morgan fingerprint density at radius 3 is 2.17 bits per heavy atom. The van der Waals surface area contributed by atoms with Crippen LogP contribution in [-0.2, 0) is 34.0 Å². The number of carbonyl (C=O) groups is 1. The van der Waals surface area contributed by atoms with Crippen molar-refractivity contribution in [3.63, 3.8) is 0 Å². The molecule has 0 aromatic carbocycles. The monoisotopic (exact) mass is 550 g/mol. The van der Waals surface area contributed by atoms with Gasteiger partial charge in [0.15, 0.2) is 0 Å². The lowest BCUT2D eigenvalue weighted by atomic mass is 9.43. The highest BCUT2D eigenvalue weighted by Gasteiger charge is 2.63. The normalized spacial score (nSPS) is 43.8. The van der Waals surface area contributed by atoms with Gasteiger partial charge in [-0.3, -0.25) is 13.2 Å². The molecule has 0 spiro atoms. The van der Waals surface area contributed by atoms with Gasteiger partial charge in [-0.2, -0.15) is 0 Å². The molecular weight excluding hydrogens is 512 g/mol. The molecule has 4 aliphatic rings. The zero-order valence-electron chi connectivity index (χ0n) is 21.1. The molecule has 0 aromatic heterocycles. The van der Waals surface area contributed by atoms with Crippen LogP contribution in [-0.4, -0.2) is 49.2 Å². The quantitative estimate of drug-likeness (QED) is 0.349. The molecule has 4 rings (SSSR count). The van der Waals surface area contributed by atoms with E-state index in [0.29, 0.717) is 38.0 Å². The summed E-state index contributed by atoms with van der Waals surface area (Å²) in [7, 11) is -9.82. The molecule has 208 valence electrons. The molecule has 1 N–H and O–H groups in total. The predicted molar refractivity (Wildman–Crippen MR) is 126 cm³/mol. The number of rotatable bonds is 8. The Morgan fingerprint density at radius 2 is 1.56 bits per heavy atom. The molecule has 0 amide bonds. The van der Waals surface area contributed by atoms with Crippen molar-refractivity contribution in [2.75, 3.05) is 0 Å². The first-order valence-corrected chi connectivity index (χ1v) is 15.7. The van der Waals surface area contributed by atoms with Gasteiger partial charge in [-0.1, -0.05) is 20.8 Å². The number of hydrogen-bond donors (Lipinski definition) is 1. The van der Waals surface area contributed by atoms with E-state index < -0.39 is 39.0 Å². The smallest absolute Gasteiger partial charge is 0.303 e. The first-order valence-electron chi connectivity index (χ1n) is 13.0. The summed E-state index contributed by atoms with van der Waals surface area (Å²) in [6.45, 7) is 6.51. The largest absolute Gasteiger partial charge is 0.726 e. The van der Waals surface area contributed by atoms with Crippen LogP contribution in [0.3, 0.4) is 0 Å². The van der Waals surface area contributed by atoms with Crippen molar-refractivity contribution in [2.45, 2.75) is 97.2 Å². The molecular formula is C24H38O10S2-2. The minimum Gasteiger partial charge on any atom is -0.726 e. The molecule has 10 atom stereocenters. The summed E-state index contributed by atoms with van der Waals surface area (Å²) < 4.78 is 78.9. The van der Waals surface area contributed by atoms with Crippen molar-refractivity contribution in [3.8, 4) is 0 Å². The van der Waals surface area contributed by atoms with Gasteiger partial charge in [0.2, 0.25) is 20.8 Å². The summed E-state index contributed by atoms with van der Waals surface area (Å²) in [5.74, 6) is -0.316. The molecule has 0 bridgehead atoms. The van der Waals surface area contributed by atoms with Crippen LogP contribution in [0.1, 0.15) is 85.0 Å². The summed E-state index contributed by atoms with van der Waals surface area (Å²) in [6, 6.07) is 0. The number of hydrogen-bond acceptors (Lipinski definition) is 9. The van der Waals surface area contributed by atoms with E-state index in [0.717, 1.165) is 25.7 Å². The molecule has 4 fully saturated rings. The van der Waals surface area contributed by atoms with Gasteiger partial charge in [0.1, 0.15) is 0 Å². The molecule has 0 heterocycles. The van der Waals surface area contributed by atoms with E-state index in [9.17, 15) is 30.7 Å². The molecule has 36 heavy (non-hydrogen) atoms. The van der Waals surface area contributed by atoms with Crippen LogP contribution in [0, 0.1) is 46.3 Å². The molecule has 10 nitrogen and oxygen atoms in total. The van der Waals surface area contributed by atoms with E-state index in [1.165, 1.54) is 0 Å². The van der Waals surface area contributed by atoms with Gasteiger partial charge in [0.05, 0.1) is 12.2 Å². The molecule has 4 aliphatic carbocycles. The molecule has 12 heteroatoms. The van der Waals surface area contributed by atoms with Crippen LogP contribution in [0.5, 0.6) is 0 Å². The fourth-order valence-corrected chi connectivity index (χ4v) is 10.2. The van der Waals surface area contributed by atoms with Gasteiger partial charge >= 0.3 is 5.97 Å². The van der Waals surface area contributed by atoms with Gasteiger partial charge < -0.3 is 14.2 Å². The minimum absolute atomic E-state index is 0.0963. The predicted octanol–water partition coefficient (Wildman–Crippen LogP) is 3.45. The maximum atomic E-state index is 11.8. The molecule has 4 saturated carbocycles. The van der Waals surface area contributed by atoms with Gasteiger partial charge in [0, 0.05) is 6.42 Å². The number of fused-ring (bicyclic) bond motifs is 5. The first kappa shape index (κ1) is 28.2. The van der Waals surface area contributed by atoms with Crippen LogP contribution in [0.2, 0.25) is 0 Å². The summed E-state index contributed by atoms with van der Waals surface area (Å²) in [6.07, 6.45) is 4.38. The van der Waals surface area contributed by atoms with Gasteiger partial charge in [-0.05, 0) is 104 Å². The molecule has 0 radical (unpaired) electrons. The summed E-state index contributed by atoms with van der Waals surface area (Å²) >= 11 is 0. The highest BCUT2D eigenvalue weighted by Crippen LogP contribution is 2.69. The van der Waals surface area contributed by atoms with Crippen LogP contribution >= 0.6 is 0 Å².